The SMILES string of the molecule is CC1CCCC(O)(Cc2cccc(O)c2)CC1. The zero-order valence-electron chi connectivity index (χ0n) is 10.5. The molecule has 1 fully saturated rings. The van der Waals surface area contributed by atoms with Crippen molar-refractivity contribution in [1.82, 2.24) is 0 Å². The van der Waals surface area contributed by atoms with Gasteiger partial charge in [-0.1, -0.05) is 31.9 Å². The standard InChI is InChI=1S/C15H22O2/c1-12-4-3-8-15(17,9-7-12)11-13-5-2-6-14(16)10-13/h2,5-6,10,12,16-17H,3-4,7-9,11H2,1H3. The van der Waals surface area contributed by atoms with Crippen LogP contribution in [-0.2, 0) is 6.42 Å². The van der Waals surface area contributed by atoms with Crippen LogP contribution in [0.4, 0.5) is 0 Å². The Balaban J connectivity index is 2.06. The van der Waals surface area contributed by atoms with Gasteiger partial charge in [-0.15, -0.1) is 0 Å². The highest BCUT2D eigenvalue weighted by Gasteiger charge is 2.29. The van der Waals surface area contributed by atoms with Gasteiger partial charge in [0.15, 0.2) is 0 Å². The molecule has 2 N–H and O–H groups in total. The molecule has 0 radical (unpaired) electrons. The van der Waals surface area contributed by atoms with E-state index in [1.165, 1.54) is 6.42 Å². The Morgan fingerprint density at radius 3 is 2.88 bits per heavy atom. The molecule has 1 aliphatic carbocycles. The largest absolute Gasteiger partial charge is 0.508 e. The molecule has 1 aromatic carbocycles. The molecule has 17 heavy (non-hydrogen) atoms. The van der Waals surface area contributed by atoms with Gasteiger partial charge >= 0.3 is 0 Å². The number of phenols is 1. The minimum Gasteiger partial charge on any atom is -0.508 e. The van der Waals surface area contributed by atoms with Gasteiger partial charge in [-0.2, -0.15) is 0 Å². The van der Waals surface area contributed by atoms with Crippen molar-refractivity contribution in [3.05, 3.63) is 29.8 Å². The second-order valence-corrected chi connectivity index (χ2v) is 5.61. The molecule has 0 amide bonds. The lowest BCUT2D eigenvalue weighted by Crippen LogP contribution is -2.30. The second-order valence-electron chi connectivity index (χ2n) is 5.61. The third-order valence-electron chi connectivity index (χ3n) is 3.89. The minimum atomic E-state index is -0.571. The van der Waals surface area contributed by atoms with E-state index in [2.05, 4.69) is 6.92 Å². The molecule has 2 nitrogen and oxygen atoms in total. The Labute approximate surface area is 103 Å². The molecule has 1 aromatic rings. The Kier molecular flexibility index (Phi) is 3.72. The van der Waals surface area contributed by atoms with E-state index >= 15 is 0 Å². The molecule has 1 aliphatic rings. The number of aliphatic hydroxyl groups is 1. The van der Waals surface area contributed by atoms with Crippen LogP contribution in [0, 0.1) is 5.92 Å². The first kappa shape index (κ1) is 12.4. The van der Waals surface area contributed by atoms with Gasteiger partial charge in [0.2, 0.25) is 0 Å². The van der Waals surface area contributed by atoms with Crippen LogP contribution in [0.15, 0.2) is 24.3 Å². The van der Waals surface area contributed by atoms with Gasteiger partial charge in [-0.25, -0.2) is 0 Å². The van der Waals surface area contributed by atoms with Gasteiger partial charge in [0.05, 0.1) is 5.60 Å². The lowest BCUT2D eigenvalue weighted by molar-refractivity contribution is 0.0243. The van der Waals surface area contributed by atoms with Crippen molar-refractivity contribution < 1.29 is 10.2 Å². The van der Waals surface area contributed by atoms with Crippen LogP contribution in [-0.4, -0.2) is 15.8 Å². The fourth-order valence-electron chi connectivity index (χ4n) is 2.79. The molecule has 2 atom stereocenters. The van der Waals surface area contributed by atoms with E-state index in [1.54, 1.807) is 12.1 Å². The van der Waals surface area contributed by atoms with E-state index < -0.39 is 5.60 Å². The lowest BCUT2D eigenvalue weighted by Gasteiger charge is -2.26. The molecule has 0 bridgehead atoms. The third-order valence-corrected chi connectivity index (χ3v) is 3.89. The monoisotopic (exact) mass is 234 g/mol. The summed E-state index contributed by atoms with van der Waals surface area (Å²) in [5.41, 5.74) is 0.459. The number of phenolic OH excluding ortho intramolecular Hbond substituents is 1. The predicted octanol–water partition coefficient (Wildman–Crippen LogP) is 3.27. The van der Waals surface area contributed by atoms with Gasteiger partial charge < -0.3 is 10.2 Å². The molecule has 2 heteroatoms. The van der Waals surface area contributed by atoms with Crippen LogP contribution < -0.4 is 0 Å². The van der Waals surface area contributed by atoms with Gasteiger partial charge in [0.25, 0.3) is 0 Å². The molecule has 0 spiro atoms. The number of benzene rings is 1. The molecule has 94 valence electrons. The highest BCUT2D eigenvalue weighted by molar-refractivity contribution is 5.28. The molecule has 0 heterocycles. The normalized spacial score (nSPS) is 29.9. The van der Waals surface area contributed by atoms with Crippen LogP contribution in [0.25, 0.3) is 0 Å². The summed E-state index contributed by atoms with van der Waals surface area (Å²) in [6.45, 7) is 2.26. The van der Waals surface area contributed by atoms with E-state index in [1.807, 2.05) is 12.1 Å². The fraction of sp³-hybridized carbons (Fsp3) is 0.600. The lowest BCUT2D eigenvalue weighted by atomic mass is 9.87. The summed E-state index contributed by atoms with van der Waals surface area (Å²) in [5.74, 6) is 1.02. The van der Waals surface area contributed by atoms with E-state index in [9.17, 15) is 10.2 Å². The van der Waals surface area contributed by atoms with Crippen molar-refractivity contribution in [2.75, 3.05) is 0 Å². The summed E-state index contributed by atoms with van der Waals surface area (Å²) < 4.78 is 0. The predicted molar refractivity (Wildman–Crippen MR) is 69.0 cm³/mol. The van der Waals surface area contributed by atoms with Crippen molar-refractivity contribution in [2.45, 2.75) is 51.0 Å². The summed E-state index contributed by atoms with van der Waals surface area (Å²) in [7, 11) is 0. The summed E-state index contributed by atoms with van der Waals surface area (Å²) in [5, 5.41) is 20.1. The second kappa shape index (κ2) is 5.09. The zero-order valence-corrected chi connectivity index (χ0v) is 10.5. The highest BCUT2D eigenvalue weighted by atomic mass is 16.3. The number of aromatic hydroxyl groups is 1. The summed E-state index contributed by atoms with van der Waals surface area (Å²) >= 11 is 0. The van der Waals surface area contributed by atoms with Gasteiger partial charge in [0.1, 0.15) is 5.75 Å². The van der Waals surface area contributed by atoms with Crippen molar-refractivity contribution >= 4 is 0 Å². The first-order valence-corrected chi connectivity index (χ1v) is 6.58. The molecule has 0 aliphatic heterocycles. The number of rotatable bonds is 2. The quantitative estimate of drug-likeness (QED) is 0.771. The van der Waals surface area contributed by atoms with Crippen LogP contribution in [0.5, 0.6) is 5.75 Å². The highest BCUT2D eigenvalue weighted by Crippen LogP contribution is 2.33. The molecule has 1 saturated carbocycles. The average Bonchev–Trinajstić information content (AvgIpc) is 2.41. The van der Waals surface area contributed by atoms with E-state index in [-0.39, 0.29) is 5.75 Å². The maximum atomic E-state index is 10.6. The Bertz CT molecular complexity index is 375. The molecular formula is C15H22O2. The minimum absolute atomic E-state index is 0.285. The summed E-state index contributed by atoms with van der Waals surface area (Å²) in [6, 6.07) is 7.24. The Morgan fingerprint density at radius 1 is 1.29 bits per heavy atom. The summed E-state index contributed by atoms with van der Waals surface area (Å²) in [4.78, 5) is 0. The Hall–Kier alpha value is -1.02. The topological polar surface area (TPSA) is 40.5 Å². The van der Waals surface area contributed by atoms with E-state index in [0.29, 0.717) is 6.42 Å². The van der Waals surface area contributed by atoms with Crippen LogP contribution in [0.2, 0.25) is 0 Å². The van der Waals surface area contributed by atoms with E-state index in [4.69, 9.17) is 0 Å². The maximum Gasteiger partial charge on any atom is 0.115 e. The average molecular weight is 234 g/mol. The van der Waals surface area contributed by atoms with Crippen LogP contribution in [0.1, 0.15) is 44.6 Å². The molecule has 0 aromatic heterocycles. The number of hydrogen-bond acceptors (Lipinski definition) is 2. The molecule has 0 saturated heterocycles. The first-order chi connectivity index (χ1) is 8.07. The number of hydrogen-bond donors (Lipinski definition) is 2. The molecular weight excluding hydrogens is 212 g/mol. The maximum absolute atomic E-state index is 10.6. The van der Waals surface area contributed by atoms with Crippen molar-refractivity contribution in [3.8, 4) is 5.75 Å². The zero-order chi connectivity index (χ0) is 12.3. The van der Waals surface area contributed by atoms with Crippen molar-refractivity contribution in [3.63, 3.8) is 0 Å². The molecule has 2 unspecified atom stereocenters. The third kappa shape index (κ3) is 3.47. The Morgan fingerprint density at radius 2 is 2.12 bits per heavy atom. The first-order valence-electron chi connectivity index (χ1n) is 6.58. The van der Waals surface area contributed by atoms with Gasteiger partial charge in [-0.3, -0.25) is 0 Å². The van der Waals surface area contributed by atoms with Crippen molar-refractivity contribution in [1.29, 1.82) is 0 Å². The van der Waals surface area contributed by atoms with Crippen LogP contribution >= 0.6 is 0 Å². The fourth-order valence-corrected chi connectivity index (χ4v) is 2.79. The van der Waals surface area contributed by atoms with Gasteiger partial charge in [-0.05, 0) is 42.9 Å². The molecule has 2 rings (SSSR count). The summed E-state index contributed by atoms with van der Waals surface area (Å²) in [6.07, 6.45) is 5.86. The van der Waals surface area contributed by atoms with E-state index in [0.717, 1.165) is 37.2 Å². The van der Waals surface area contributed by atoms with Gasteiger partial charge in [0, 0.05) is 6.42 Å². The van der Waals surface area contributed by atoms with Crippen molar-refractivity contribution in [2.24, 2.45) is 5.92 Å². The smallest absolute Gasteiger partial charge is 0.115 e. The van der Waals surface area contributed by atoms with Crippen LogP contribution in [0.3, 0.4) is 0 Å².